The zero-order valence-corrected chi connectivity index (χ0v) is 12.6. The molecule has 2 fully saturated rings. The maximum absolute atomic E-state index is 5.85. The van der Waals surface area contributed by atoms with Crippen molar-refractivity contribution in [3.63, 3.8) is 0 Å². The van der Waals surface area contributed by atoms with Crippen molar-refractivity contribution >= 4 is 11.8 Å². The molecule has 0 bridgehead atoms. The molecule has 0 aromatic carbocycles. The van der Waals surface area contributed by atoms with E-state index in [0.717, 1.165) is 30.9 Å². The molecule has 7 N–H and O–H groups in total. The Hall–Kier alpha value is -1.44. The molecule has 7 heteroatoms. The van der Waals surface area contributed by atoms with Gasteiger partial charge in [0.05, 0.1) is 5.69 Å². The first-order valence-corrected chi connectivity index (χ1v) is 7.68. The molecular formula is C14H25N7. The van der Waals surface area contributed by atoms with E-state index in [1.165, 1.54) is 0 Å². The van der Waals surface area contributed by atoms with Crippen LogP contribution in [0.15, 0.2) is 6.07 Å². The van der Waals surface area contributed by atoms with E-state index in [2.05, 4.69) is 40.0 Å². The molecule has 1 aromatic heterocycles. The van der Waals surface area contributed by atoms with Crippen LogP contribution in [0.25, 0.3) is 0 Å². The molecule has 2 atom stereocenters. The highest BCUT2D eigenvalue weighted by atomic mass is 15.4. The number of hydrogen-bond acceptors (Lipinski definition) is 7. The lowest BCUT2D eigenvalue weighted by molar-refractivity contribution is 0.345. The lowest BCUT2D eigenvalue weighted by Gasteiger charge is -2.32. The Morgan fingerprint density at radius 3 is 2.52 bits per heavy atom. The summed E-state index contributed by atoms with van der Waals surface area (Å²) >= 11 is 0. The normalized spacial score (nSPS) is 35.5. The lowest BCUT2D eigenvalue weighted by Crippen LogP contribution is -2.35. The first-order chi connectivity index (χ1) is 10.0. The summed E-state index contributed by atoms with van der Waals surface area (Å²) in [5.74, 6) is 2.07. The van der Waals surface area contributed by atoms with Crippen LogP contribution in [-0.2, 0) is 0 Å². The van der Waals surface area contributed by atoms with Crippen molar-refractivity contribution in [1.29, 1.82) is 0 Å². The molecule has 7 nitrogen and oxygen atoms in total. The predicted octanol–water partition coefficient (Wildman–Crippen LogP) is 0.176. The number of nitrogen functional groups attached to an aromatic ring is 1. The molecule has 1 aliphatic heterocycles. The maximum atomic E-state index is 5.85. The summed E-state index contributed by atoms with van der Waals surface area (Å²) in [6.07, 6.45) is 1.97. The van der Waals surface area contributed by atoms with E-state index in [1.54, 1.807) is 0 Å². The number of hydrogen-bond donors (Lipinski definition) is 5. The van der Waals surface area contributed by atoms with Crippen LogP contribution < -0.4 is 27.6 Å². The van der Waals surface area contributed by atoms with Gasteiger partial charge in [0.1, 0.15) is 5.82 Å². The third-order valence-corrected chi connectivity index (χ3v) is 4.70. The highest BCUT2D eigenvalue weighted by Crippen LogP contribution is 2.35. The summed E-state index contributed by atoms with van der Waals surface area (Å²) in [6, 6.07) is 3.17. The van der Waals surface area contributed by atoms with Crippen molar-refractivity contribution in [2.24, 2.45) is 11.7 Å². The van der Waals surface area contributed by atoms with Gasteiger partial charge in [0.25, 0.3) is 0 Å². The van der Waals surface area contributed by atoms with E-state index < -0.39 is 0 Å². The molecule has 0 spiro atoms. The molecule has 1 saturated heterocycles. The van der Waals surface area contributed by atoms with E-state index in [-0.39, 0.29) is 0 Å². The lowest BCUT2D eigenvalue weighted by atomic mass is 9.78. The van der Waals surface area contributed by atoms with Gasteiger partial charge < -0.3 is 16.8 Å². The van der Waals surface area contributed by atoms with Crippen LogP contribution >= 0.6 is 0 Å². The summed E-state index contributed by atoms with van der Waals surface area (Å²) in [6.45, 7) is 5.21. The Bertz CT molecular complexity index is 490. The summed E-state index contributed by atoms with van der Waals surface area (Å²) in [5, 5.41) is 3.40. The maximum Gasteiger partial charge on any atom is 0.222 e. The minimum atomic E-state index is 0.305. The first-order valence-electron chi connectivity index (χ1n) is 7.68. The molecular weight excluding hydrogens is 266 g/mol. The van der Waals surface area contributed by atoms with Gasteiger partial charge in [0.2, 0.25) is 5.95 Å². The average Bonchev–Trinajstić information content (AvgIpc) is 2.71. The van der Waals surface area contributed by atoms with Crippen molar-refractivity contribution in [2.45, 2.75) is 50.7 Å². The van der Waals surface area contributed by atoms with E-state index in [4.69, 9.17) is 11.5 Å². The van der Waals surface area contributed by atoms with E-state index in [1.807, 2.05) is 6.07 Å². The Kier molecular flexibility index (Phi) is 3.97. The van der Waals surface area contributed by atoms with Crippen molar-refractivity contribution in [3.8, 4) is 0 Å². The molecule has 2 unspecified atom stereocenters. The van der Waals surface area contributed by atoms with Gasteiger partial charge >= 0.3 is 0 Å². The van der Waals surface area contributed by atoms with Gasteiger partial charge in [-0.25, -0.2) is 4.98 Å². The SMILES string of the molecule is CC1NNC(C)C1CNc1cc(C2CC(N)C2)nc(N)n1. The van der Waals surface area contributed by atoms with Crippen LogP contribution in [0.4, 0.5) is 11.8 Å². The first kappa shape index (κ1) is 14.5. The number of nitrogens with one attached hydrogen (secondary N) is 3. The molecule has 2 heterocycles. The van der Waals surface area contributed by atoms with Gasteiger partial charge in [0, 0.05) is 42.6 Å². The second kappa shape index (κ2) is 5.75. The van der Waals surface area contributed by atoms with E-state index in [0.29, 0.717) is 35.9 Å². The summed E-state index contributed by atoms with van der Waals surface area (Å²) in [7, 11) is 0. The van der Waals surface area contributed by atoms with Gasteiger partial charge in [0.15, 0.2) is 0 Å². The van der Waals surface area contributed by atoms with Crippen LogP contribution in [-0.4, -0.2) is 34.6 Å². The quantitative estimate of drug-likeness (QED) is 0.537. The number of nitrogens with zero attached hydrogens (tertiary/aromatic N) is 2. The van der Waals surface area contributed by atoms with Crippen molar-refractivity contribution < 1.29 is 0 Å². The topological polar surface area (TPSA) is 114 Å². The van der Waals surface area contributed by atoms with Gasteiger partial charge in [-0.05, 0) is 26.7 Å². The molecule has 1 saturated carbocycles. The molecule has 1 aliphatic carbocycles. The number of anilines is 2. The molecule has 0 radical (unpaired) electrons. The summed E-state index contributed by atoms with van der Waals surface area (Å²) in [4.78, 5) is 8.63. The van der Waals surface area contributed by atoms with Crippen molar-refractivity contribution in [2.75, 3.05) is 17.6 Å². The van der Waals surface area contributed by atoms with Gasteiger partial charge in [-0.1, -0.05) is 0 Å². The van der Waals surface area contributed by atoms with Crippen molar-refractivity contribution in [3.05, 3.63) is 11.8 Å². The number of hydrazine groups is 1. The van der Waals surface area contributed by atoms with Crippen molar-refractivity contribution in [1.82, 2.24) is 20.8 Å². The summed E-state index contributed by atoms with van der Waals surface area (Å²) < 4.78 is 0. The minimum absolute atomic E-state index is 0.305. The standard InChI is InChI=1S/C14H25N7/c1-7-11(8(2)21-20-7)6-17-13-5-12(18-14(16)19-13)9-3-10(15)4-9/h5,7-11,20-21H,3-4,6,15H2,1-2H3,(H3,16,17,18,19). The molecule has 2 aliphatic rings. The van der Waals surface area contributed by atoms with Gasteiger partial charge in [-0.15, -0.1) is 0 Å². The van der Waals surface area contributed by atoms with Crippen LogP contribution in [0.1, 0.15) is 38.3 Å². The minimum Gasteiger partial charge on any atom is -0.369 e. The third kappa shape index (κ3) is 3.09. The highest BCUT2D eigenvalue weighted by Gasteiger charge is 2.30. The third-order valence-electron chi connectivity index (χ3n) is 4.70. The number of rotatable bonds is 4. The fourth-order valence-electron chi connectivity index (χ4n) is 3.17. The Morgan fingerprint density at radius 1 is 1.24 bits per heavy atom. The van der Waals surface area contributed by atoms with Gasteiger partial charge in [-0.3, -0.25) is 10.9 Å². The molecule has 116 valence electrons. The van der Waals surface area contributed by atoms with Crippen LogP contribution in [0.2, 0.25) is 0 Å². The summed E-state index contributed by atoms with van der Waals surface area (Å²) in [5.41, 5.74) is 19.2. The smallest absolute Gasteiger partial charge is 0.222 e. The second-order valence-corrected chi connectivity index (χ2v) is 6.38. The average molecular weight is 291 g/mol. The van der Waals surface area contributed by atoms with Crippen LogP contribution in [0, 0.1) is 5.92 Å². The van der Waals surface area contributed by atoms with E-state index in [9.17, 15) is 0 Å². The van der Waals surface area contributed by atoms with Gasteiger partial charge in [-0.2, -0.15) is 4.98 Å². The second-order valence-electron chi connectivity index (χ2n) is 6.38. The van der Waals surface area contributed by atoms with Crippen LogP contribution in [0.3, 0.4) is 0 Å². The highest BCUT2D eigenvalue weighted by molar-refractivity contribution is 5.42. The number of aromatic nitrogens is 2. The molecule has 3 rings (SSSR count). The fraction of sp³-hybridized carbons (Fsp3) is 0.714. The number of nitrogens with two attached hydrogens (primary N) is 2. The largest absolute Gasteiger partial charge is 0.369 e. The molecule has 0 amide bonds. The molecule has 21 heavy (non-hydrogen) atoms. The molecule has 1 aromatic rings. The predicted molar refractivity (Wildman–Crippen MR) is 83.6 cm³/mol. The Balaban J connectivity index is 1.65. The Labute approximate surface area is 125 Å². The zero-order chi connectivity index (χ0) is 15.0. The zero-order valence-electron chi connectivity index (χ0n) is 12.6. The van der Waals surface area contributed by atoms with E-state index >= 15 is 0 Å². The monoisotopic (exact) mass is 291 g/mol. The van der Waals surface area contributed by atoms with Crippen LogP contribution in [0.5, 0.6) is 0 Å². The fourth-order valence-corrected chi connectivity index (χ4v) is 3.17. The Morgan fingerprint density at radius 2 is 1.90 bits per heavy atom.